The summed E-state index contributed by atoms with van der Waals surface area (Å²) in [6.45, 7) is 6.47. The number of nitrogens with one attached hydrogen (secondary N) is 1. The molecule has 1 amide bonds. The van der Waals surface area contributed by atoms with Crippen LogP contribution < -0.4 is 10.1 Å². The van der Waals surface area contributed by atoms with Gasteiger partial charge in [-0.25, -0.2) is 4.98 Å². The van der Waals surface area contributed by atoms with Gasteiger partial charge in [-0.1, -0.05) is 29.8 Å². The van der Waals surface area contributed by atoms with Crippen LogP contribution in [0.2, 0.25) is 6.82 Å². The van der Waals surface area contributed by atoms with Crippen molar-refractivity contribution in [2.45, 2.75) is 58.3 Å². The van der Waals surface area contributed by atoms with Crippen molar-refractivity contribution in [2.24, 2.45) is 5.92 Å². The lowest BCUT2D eigenvalue weighted by Crippen LogP contribution is -2.45. The first-order valence-electron chi connectivity index (χ1n) is 12.0. The minimum Gasteiger partial charge on any atom is -0.482 e. The van der Waals surface area contributed by atoms with Crippen molar-refractivity contribution in [1.82, 2.24) is 15.1 Å². The Morgan fingerprint density at radius 1 is 1.25 bits per heavy atom. The topological polar surface area (TPSA) is 91.8 Å². The fourth-order valence-electron chi connectivity index (χ4n) is 4.31. The summed E-state index contributed by atoms with van der Waals surface area (Å²) < 4.78 is 44.3. The first kappa shape index (κ1) is 27.7. The fourth-order valence-corrected chi connectivity index (χ4v) is 4.31. The number of aryl methyl sites for hydroxylation is 1. The van der Waals surface area contributed by atoms with Gasteiger partial charge in [0.2, 0.25) is 0 Å². The molecule has 1 aromatic carbocycles. The van der Waals surface area contributed by atoms with E-state index in [0.29, 0.717) is 18.5 Å². The Morgan fingerprint density at radius 3 is 2.53 bits per heavy atom. The number of pyridine rings is 1. The zero-order valence-corrected chi connectivity index (χ0v) is 20.6. The highest BCUT2D eigenvalue weighted by Gasteiger charge is 2.40. The average Bonchev–Trinajstić information content (AvgIpc) is 2.83. The molecule has 1 aliphatic heterocycles. The summed E-state index contributed by atoms with van der Waals surface area (Å²) in [5.41, 5.74) is 1.81. The van der Waals surface area contributed by atoms with Crippen molar-refractivity contribution in [2.75, 3.05) is 13.1 Å². The van der Waals surface area contributed by atoms with Crippen molar-refractivity contribution in [1.29, 1.82) is 0 Å². The third-order valence-electron chi connectivity index (χ3n) is 6.31. The molecule has 1 aromatic heterocycles. The van der Waals surface area contributed by atoms with Crippen LogP contribution in [0.4, 0.5) is 13.2 Å². The molecule has 0 bridgehead atoms. The lowest BCUT2D eigenvalue weighted by Gasteiger charge is -2.33. The van der Waals surface area contributed by atoms with Crippen LogP contribution >= 0.6 is 0 Å². The third kappa shape index (κ3) is 7.54. The number of nitrogens with zero attached hydrogens (tertiary/aromatic N) is 2. The standard InChI is InChI=1S/C25H31BF3N3O4/c1-16-6-8-19(9-7-16)23(17(2)31-24(34)25(27,28)29)36-20-10-11-21(30-14-20)22(33)13-18-5-4-12-32(15-18)26(3)35/h6-11,14,17-18,23,35H,4-5,12-13,15H2,1-3H3,(H,31,34)/t17-,18+,23+/m0/s1. The molecule has 11 heteroatoms. The van der Waals surface area contributed by atoms with Crippen LogP contribution in [0, 0.1) is 12.8 Å². The predicted molar refractivity (Wildman–Crippen MR) is 130 cm³/mol. The summed E-state index contributed by atoms with van der Waals surface area (Å²) in [5, 5.41) is 11.8. The van der Waals surface area contributed by atoms with Crippen LogP contribution in [-0.4, -0.2) is 58.9 Å². The summed E-state index contributed by atoms with van der Waals surface area (Å²) in [6, 6.07) is 9.11. The molecule has 7 nitrogen and oxygen atoms in total. The average molecular weight is 505 g/mol. The van der Waals surface area contributed by atoms with Crippen LogP contribution in [0.15, 0.2) is 42.6 Å². The van der Waals surface area contributed by atoms with Crippen LogP contribution in [0.5, 0.6) is 5.75 Å². The number of amides is 1. The lowest BCUT2D eigenvalue weighted by atomic mass is 9.79. The van der Waals surface area contributed by atoms with Gasteiger partial charge in [0.05, 0.1) is 12.2 Å². The molecule has 1 saturated heterocycles. The zero-order valence-electron chi connectivity index (χ0n) is 20.6. The number of benzene rings is 1. The van der Waals surface area contributed by atoms with Gasteiger partial charge >= 0.3 is 19.1 Å². The minimum atomic E-state index is -5.01. The van der Waals surface area contributed by atoms with Gasteiger partial charge in [-0.3, -0.25) is 9.59 Å². The summed E-state index contributed by atoms with van der Waals surface area (Å²) in [7, 11) is -0.553. The van der Waals surface area contributed by atoms with E-state index >= 15 is 0 Å². The molecule has 2 aromatic rings. The third-order valence-corrected chi connectivity index (χ3v) is 6.31. The molecule has 194 valence electrons. The van der Waals surface area contributed by atoms with Gasteiger partial charge in [0.25, 0.3) is 0 Å². The molecule has 0 saturated carbocycles. The number of hydrogen-bond donors (Lipinski definition) is 2. The largest absolute Gasteiger partial charge is 0.482 e. The molecule has 36 heavy (non-hydrogen) atoms. The quantitative estimate of drug-likeness (QED) is 0.396. The van der Waals surface area contributed by atoms with E-state index in [0.717, 1.165) is 24.9 Å². The highest BCUT2D eigenvalue weighted by atomic mass is 19.4. The van der Waals surface area contributed by atoms with E-state index in [1.165, 1.54) is 19.2 Å². The number of rotatable bonds is 9. The highest BCUT2D eigenvalue weighted by molar-refractivity contribution is 6.45. The number of ether oxygens (including phenoxy) is 1. The number of alkyl halides is 3. The molecule has 1 aliphatic rings. The number of carbonyl (C=O) groups is 2. The minimum absolute atomic E-state index is 0.125. The number of ketones is 1. The molecule has 0 spiro atoms. The Balaban J connectivity index is 1.70. The van der Waals surface area contributed by atoms with E-state index in [9.17, 15) is 27.8 Å². The number of piperidine rings is 1. The van der Waals surface area contributed by atoms with Gasteiger partial charge in [-0.15, -0.1) is 0 Å². The van der Waals surface area contributed by atoms with Crippen LogP contribution in [-0.2, 0) is 4.79 Å². The first-order valence-corrected chi connectivity index (χ1v) is 12.0. The monoisotopic (exact) mass is 505 g/mol. The zero-order chi connectivity index (χ0) is 26.5. The van der Waals surface area contributed by atoms with E-state index in [1.807, 2.05) is 17.1 Å². The SMILES string of the molecule is CB(O)N1CCC[C@H](CC(=O)c2ccc(O[C@@H](c3ccc(C)cc3)[C@H](C)NC(=O)C(F)(F)F)cn2)C1. The molecule has 0 aliphatic carbocycles. The molecule has 0 radical (unpaired) electrons. The Bertz CT molecular complexity index is 1030. The van der Waals surface area contributed by atoms with E-state index in [2.05, 4.69) is 4.98 Å². The molecule has 1 fully saturated rings. The molecule has 3 atom stereocenters. The van der Waals surface area contributed by atoms with Crippen molar-refractivity contribution >= 4 is 18.7 Å². The van der Waals surface area contributed by atoms with Gasteiger partial charge < -0.3 is 19.9 Å². The number of halogens is 3. The Morgan fingerprint density at radius 2 is 1.94 bits per heavy atom. The summed E-state index contributed by atoms with van der Waals surface area (Å²) in [4.78, 5) is 30.4. The second-order valence-corrected chi connectivity index (χ2v) is 9.35. The Labute approximate surface area is 209 Å². The molecule has 2 heterocycles. The number of carbonyl (C=O) groups excluding carboxylic acids is 2. The van der Waals surface area contributed by atoms with Crippen LogP contribution in [0.3, 0.4) is 0 Å². The van der Waals surface area contributed by atoms with Gasteiger partial charge in [-0.2, -0.15) is 13.2 Å². The van der Waals surface area contributed by atoms with Crippen molar-refractivity contribution < 1.29 is 32.5 Å². The normalized spacial score (nSPS) is 18.2. The van der Waals surface area contributed by atoms with Gasteiger partial charge in [-0.05, 0) is 70.2 Å². The van der Waals surface area contributed by atoms with Crippen LogP contribution in [0.1, 0.15) is 53.9 Å². The first-order chi connectivity index (χ1) is 16.9. The van der Waals surface area contributed by atoms with E-state index in [1.54, 1.807) is 37.2 Å². The van der Waals surface area contributed by atoms with Crippen molar-refractivity contribution in [3.63, 3.8) is 0 Å². The summed E-state index contributed by atoms with van der Waals surface area (Å²) >= 11 is 0. The summed E-state index contributed by atoms with van der Waals surface area (Å²) in [5.74, 6) is -1.79. The molecule has 0 unspecified atom stereocenters. The molecule has 2 N–H and O–H groups in total. The van der Waals surface area contributed by atoms with E-state index in [-0.39, 0.29) is 23.1 Å². The smallest absolute Gasteiger partial charge is 0.471 e. The maximum atomic E-state index is 12.8. The Kier molecular flexibility index (Phi) is 9.13. The van der Waals surface area contributed by atoms with Gasteiger partial charge in [0, 0.05) is 6.42 Å². The second kappa shape index (κ2) is 11.9. The van der Waals surface area contributed by atoms with E-state index in [4.69, 9.17) is 4.74 Å². The van der Waals surface area contributed by atoms with Crippen LogP contribution in [0.25, 0.3) is 0 Å². The number of Topliss-reactive ketones (excluding diaryl/α,β-unsaturated/α-hetero) is 1. The maximum absolute atomic E-state index is 12.8. The van der Waals surface area contributed by atoms with Gasteiger partial charge in [0.1, 0.15) is 17.5 Å². The molecule has 3 rings (SSSR count). The number of hydrogen-bond acceptors (Lipinski definition) is 6. The van der Waals surface area contributed by atoms with Crippen molar-refractivity contribution in [3.05, 3.63) is 59.4 Å². The Hall–Kier alpha value is -2.92. The fraction of sp³-hybridized carbons (Fsp3) is 0.480. The number of aromatic nitrogens is 1. The summed E-state index contributed by atoms with van der Waals surface area (Å²) in [6.07, 6.45) is -2.46. The maximum Gasteiger partial charge on any atom is 0.471 e. The molecular weight excluding hydrogens is 474 g/mol. The van der Waals surface area contributed by atoms with E-state index < -0.39 is 31.3 Å². The second-order valence-electron chi connectivity index (χ2n) is 9.35. The van der Waals surface area contributed by atoms with Gasteiger partial charge in [0.15, 0.2) is 5.78 Å². The highest BCUT2D eigenvalue weighted by Crippen LogP contribution is 2.27. The lowest BCUT2D eigenvalue weighted by molar-refractivity contribution is -0.174. The van der Waals surface area contributed by atoms with Crippen molar-refractivity contribution in [3.8, 4) is 5.75 Å². The molecular formula is C25H31BF3N3O4. The predicted octanol–water partition coefficient (Wildman–Crippen LogP) is 3.97.